The molecule has 0 N–H and O–H groups in total. The van der Waals surface area contributed by atoms with Gasteiger partial charge in [0.2, 0.25) is 0 Å². The second-order valence-corrected chi connectivity index (χ2v) is 6.50. The molecule has 4 heteroatoms. The summed E-state index contributed by atoms with van der Waals surface area (Å²) in [6.45, 7) is 4.08. The first-order valence-electron chi connectivity index (χ1n) is 8.30. The monoisotopic (exact) mass is 298 g/mol. The van der Waals surface area contributed by atoms with E-state index in [-0.39, 0.29) is 0 Å². The number of hydrogen-bond acceptors (Lipinski definition) is 4. The molecule has 0 radical (unpaired) electrons. The van der Waals surface area contributed by atoms with Gasteiger partial charge in [-0.15, -0.1) is 5.10 Å². The van der Waals surface area contributed by atoms with Crippen molar-refractivity contribution >= 4 is 16.6 Å². The van der Waals surface area contributed by atoms with Crippen molar-refractivity contribution in [3.63, 3.8) is 0 Å². The highest BCUT2D eigenvalue weighted by Gasteiger charge is 2.20. The molecule has 0 unspecified atom stereocenters. The molecule has 1 aliphatic carbocycles. The molecule has 0 saturated heterocycles. The smallest absolute Gasteiger partial charge is 0.158 e. The Morgan fingerprint density at radius 2 is 1.68 bits per heavy atom. The Hall–Kier alpha value is -1.68. The fraction of sp³-hybridized carbons (Fsp3) is 0.556. The van der Waals surface area contributed by atoms with Crippen LogP contribution >= 0.6 is 0 Å². The van der Waals surface area contributed by atoms with E-state index in [0.29, 0.717) is 0 Å². The van der Waals surface area contributed by atoms with Crippen LogP contribution in [0.5, 0.6) is 0 Å². The number of fused-ring (bicyclic) bond motifs is 1. The van der Waals surface area contributed by atoms with Crippen LogP contribution in [0.15, 0.2) is 24.3 Å². The van der Waals surface area contributed by atoms with Crippen molar-refractivity contribution in [2.24, 2.45) is 0 Å². The van der Waals surface area contributed by atoms with Gasteiger partial charge < -0.3 is 9.80 Å². The van der Waals surface area contributed by atoms with Crippen LogP contribution in [0.4, 0.5) is 5.82 Å². The first-order chi connectivity index (χ1) is 10.7. The zero-order chi connectivity index (χ0) is 15.5. The minimum absolute atomic E-state index is 0.772. The standard InChI is InChI=1S/C18H26N4/c1-14-16-10-6-7-11-17(16)18(20-19-14)22(3)13-12-21(2)15-8-4-5-9-15/h6-7,10-11,15H,4-5,8-9,12-13H2,1-3H3. The molecule has 4 nitrogen and oxygen atoms in total. The lowest BCUT2D eigenvalue weighted by Gasteiger charge is -2.27. The summed E-state index contributed by atoms with van der Waals surface area (Å²) in [5, 5.41) is 11.2. The van der Waals surface area contributed by atoms with Crippen LogP contribution in [-0.2, 0) is 0 Å². The van der Waals surface area contributed by atoms with Gasteiger partial charge in [0, 0.05) is 37.0 Å². The van der Waals surface area contributed by atoms with Gasteiger partial charge in [-0.2, -0.15) is 5.10 Å². The van der Waals surface area contributed by atoms with E-state index in [1.807, 2.05) is 6.92 Å². The summed E-state index contributed by atoms with van der Waals surface area (Å²) < 4.78 is 0. The van der Waals surface area contributed by atoms with E-state index in [1.165, 1.54) is 36.5 Å². The first kappa shape index (κ1) is 15.2. The maximum absolute atomic E-state index is 4.44. The Balaban J connectivity index is 1.72. The average molecular weight is 298 g/mol. The third-order valence-electron chi connectivity index (χ3n) is 4.95. The van der Waals surface area contributed by atoms with Crippen LogP contribution in [0.3, 0.4) is 0 Å². The van der Waals surface area contributed by atoms with Gasteiger partial charge in [0.1, 0.15) is 0 Å². The summed E-state index contributed by atoms with van der Waals surface area (Å²) >= 11 is 0. The maximum Gasteiger partial charge on any atom is 0.158 e. The highest BCUT2D eigenvalue weighted by molar-refractivity contribution is 5.93. The number of nitrogens with zero attached hydrogens (tertiary/aromatic N) is 4. The molecule has 1 fully saturated rings. The molecule has 0 aliphatic heterocycles. The summed E-state index contributed by atoms with van der Waals surface area (Å²) in [4.78, 5) is 4.74. The average Bonchev–Trinajstić information content (AvgIpc) is 3.07. The molecule has 1 aliphatic rings. The number of rotatable bonds is 5. The number of likely N-dealkylation sites (N-methyl/N-ethyl adjacent to an activating group) is 2. The first-order valence-corrected chi connectivity index (χ1v) is 8.30. The molecule has 0 spiro atoms. The molecule has 22 heavy (non-hydrogen) atoms. The SMILES string of the molecule is Cc1nnc(N(C)CCN(C)C2CCCC2)c2ccccc12. The van der Waals surface area contributed by atoms with E-state index in [4.69, 9.17) is 0 Å². The van der Waals surface area contributed by atoms with Crippen LogP contribution in [0.2, 0.25) is 0 Å². The molecule has 1 saturated carbocycles. The molecule has 1 heterocycles. The second kappa shape index (κ2) is 6.61. The Kier molecular flexibility index (Phi) is 4.57. The van der Waals surface area contributed by atoms with E-state index >= 15 is 0 Å². The molecule has 118 valence electrons. The lowest BCUT2D eigenvalue weighted by Crippen LogP contribution is -2.36. The third kappa shape index (κ3) is 3.07. The van der Waals surface area contributed by atoms with Crippen molar-refractivity contribution in [3.05, 3.63) is 30.0 Å². The van der Waals surface area contributed by atoms with E-state index in [1.54, 1.807) is 0 Å². The number of anilines is 1. The van der Waals surface area contributed by atoms with Crippen LogP contribution in [0.1, 0.15) is 31.4 Å². The fourth-order valence-electron chi connectivity index (χ4n) is 3.45. The topological polar surface area (TPSA) is 32.3 Å². The van der Waals surface area contributed by atoms with Gasteiger partial charge in [-0.05, 0) is 26.8 Å². The van der Waals surface area contributed by atoms with Gasteiger partial charge >= 0.3 is 0 Å². The van der Waals surface area contributed by atoms with Gasteiger partial charge in [0.15, 0.2) is 5.82 Å². The molecule has 0 atom stereocenters. The van der Waals surface area contributed by atoms with E-state index in [9.17, 15) is 0 Å². The van der Waals surface area contributed by atoms with Crippen molar-refractivity contribution < 1.29 is 0 Å². The lowest BCUT2D eigenvalue weighted by atomic mass is 10.1. The lowest BCUT2D eigenvalue weighted by molar-refractivity contribution is 0.251. The molecular weight excluding hydrogens is 272 g/mol. The van der Waals surface area contributed by atoms with Crippen LogP contribution in [0, 0.1) is 6.92 Å². The quantitative estimate of drug-likeness (QED) is 0.848. The largest absolute Gasteiger partial charge is 0.356 e. The molecular formula is C18H26N4. The van der Waals surface area contributed by atoms with Crippen molar-refractivity contribution in [2.75, 3.05) is 32.1 Å². The molecule has 0 bridgehead atoms. The van der Waals surface area contributed by atoms with Crippen molar-refractivity contribution in [2.45, 2.75) is 38.6 Å². The van der Waals surface area contributed by atoms with Gasteiger partial charge in [0.25, 0.3) is 0 Å². The summed E-state index contributed by atoms with van der Waals surface area (Å²) in [6.07, 6.45) is 5.48. The summed E-state index contributed by atoms with van der Waals surface area (Å²) in [6, 6.07) is 9.18. The third-order valence-corrected chi connectivity index (χ3v) is 4.95. The molecule has 3 rings (SSSR count). The van der Waals surface area contributed by atoms with E-state index < -0.39 is 0 Å². The number of hydrogen-bond donors (Lipinski definition) is 0. The predicted octanol–water partition coefficient (Wildman–Crippen LogP) is 3.25. The van der Waals surface area contributed by atoms with E-state index in [0.717, 1.165) is 30.6 Å². The van der Waals surface area contributed by atoms with Gasteiger partial charge in [-0.3, -0.25) is 0 Å². The van der Waals surface area contributed by atoms with Crippen molar-refractivity contribution in [1.29, 1.82) is 0 Å². The van der Waals surface area contributed by atoms with Gasteiger partial charge in [-0.1, -0.05) is 37.1 Å². The summed E-state index contributed by atoms with van der Waals surface area (Å²) in [5.74, 6) is 0.987. The number of aromatic nitrogens is 2. The summed E-state index contributed by atoms with van der Waals surface area (Å²) in [7, 11) is 4.37. The zero-order valence-corrected chi connectivity index (χ0v) is 13.9. The molecule has 1 aromatic carbocycles. The number of benzene rings is 1. The maximum atomic E-state index is 4.44. The van der Waals surface area contributed by atoms with E-state index in [2.05, 4.69) is 58.4 Å². The zero-order valence-electron chi connectivity index (χ0n) is 13.9. The highest BCUT2D eigenvalue weighted by atomic mass is 15.3. The van der Waals surface area contributed by atoms with Crippen molar-refractivity contribution in [1.82, 2.24) is 15.1 Å². The van der Waals surface area contributed by atoms with Gasteiger partial charge in [0.05, 0.1) is 5.69 Å². The highest BCUT2D eigenvalue weighted by Crippen LogP contribution is 2.25. The Morgan fingerprint density at radius 1 is 1.00 bits per heavy atom. The van der Waals surface area contributed by atoms with Crippen molar-refractivity contribution in [3.8, 4) is 0 Å². The Bertz CT molecular complexity index is 634. The molecule has 2 aromatic rings. The number of aryl methyl sites for hydroxylation is 1. The minimum atomic E-state index is 0.772. The normalized spacial score (nSPS) is 15.8. The second-order valence-electron chi connectivity index (χ2n) is 6.50. The van der Waals surface area contributed by atoms with Gasteiger partial charge in [-0.25, -0.2) is 0 Å². The molecule has 0 amide bonds. The Labute approximate surface area is 133 Å². The predicted molar refractivity (Wildman–Crippen MR) is 92.4 cm³/mol. The molecule has 1 aromatic heterocycles. The van der Waals surface area contributed by atoms with Crippen LogP contribution in [0.25, 0.3) is 10.8 Å². The fourth-order valence-corrected chi connectivity index (χ4v) is 3.45. The van der Waals surface area contributed by atoms with Crippen LogP contribution < -0.4 is 4.90 Å². The Morgan fingerprint density at radius 3 is 2.41 bits per heavy atom. The summed E-state index contributed by atoms with van der Waals surface area (Å²) in [5.41, 5.74) is 0.996. The minimum Gasteiger partial charge on any atom is -0.356 e. The van der Waals surface area contributed by atoms with Crippen LogP contribution in [-0.4, -0.2) is 48.3 Å².